The molecule has 0 aromatic carbocycles. The first-order valence-corrected chi connectivity index (χ1v) is 17.3. The van der Waals surface area contributed by atoms with Gasteiger partial charge in [-0.2, -0.15) is 13.2 Å². The van der Waals surface area contributed by atoms with Crippen molar-refractivity contribution < 1.29 is 31.7 Å². The third kappa shape index (κ3) is 8.71. The molecule has 0 bridgehead atoms. The molecular weight excluding hydrogens is 617 g/mol. The molecule has 3 aromatic rings. The van der Waals surface area contributed by atoms with E-state index in [4.69, 9.17) is 4.74 Å². The molecule has 1 fully saturated rings. The maximum absolute atomic E-state index is 14.8. The number of rotatable bonds is 6. The molecule has 1 amide bonds. The van der Waals surface area contributed by atoms with Gasteiger partial charge in [-0.05, 0) is 77.9 Å². The smallest absolute Gasteiger partial charge is 0.443 e. The second-order valence-corrected chi connectivity index (χ2v) is 16.3. The van der Waals surface area contributed by atoms with Crippen LogP contribution in [0.2, 0.25) is 0 Å². The number of anilines is 2. The number of aromatic nitrogens is 2. The van der Waals surface area contributed by atoms with Gasteiger partial charge < -0.3 is 23.9 Å². The molecule has 0 radical (unpaired) electrons. The van der Waals surface area contributed by atoms with Gasteiger partial charge in [0.2, 0.25) is 0 Å². The molecule has 4 heterocycles. The van der Waals surface area contributed by atoms with E-state index in [1.807, 2.05) is 11.9 Å². The molecule has 44 heavy (non-hydrogen) atoms. The third-order valence-corrected chi connectivity index (χ3v) is 9.12. The predicted molar refractivity (Wildman–Crippen MR) is 168 cm³/mol. The van der Waals surface area contributed by atoms with Crippen LogP contribution >= 0.6 is 18.9 Å². The molecule has 0 spiro atoms. The van der Waals surface area contributed by atoms with Crippen molar-refractivity contribution in [2.24, 2.45) is 0 Å². The molecule has 0 unspecified atom stereocenters. The molecule has 1 saturated heterocycles. The fraction of sp³-hybridized carbons (Fsp3) is 0.467. The third-order valence-electron chi connectivity index (χ3n) is 6.77. The number of carbonyl (C=O) groups is 1. The number of alkyl halides is 4. The highest BCUT2D eigenvalue weighted by molar-refractivity contribution is 8.00. The number of thioether (sulfide) groups is 1. The van der Waals surface area contributed by atoms with Crippen molar-refractivity contribution in [2.75, 3.05) is 50.2 Å². The first kappa shape index (κ1) is 33.7. The highest BCUT2D eigenvalue weighted by Crippen LogP contribution is 2.41. The molecule has 238 valence electrons. The molecule has 14 heteroatoms. The molecule has 1 N–H and O–H groups in total. The molecule has 3 aromatic heterocycles. The van der Waals surface area contributed by atoms with Crippen molar-refractivity contribution >= 4 is 47.3 Å². The number of carbonyl (C=O) groups excluding carboxylic acids is 1. The highest BCUT2D eigenvalue weighted by atomic mass is 32.2. The first-order valence-electron chi connectivity index (χ1n) is 13.9. The molecule has 0 aliphatic carbocycles. The van der Waals surface area contributed by atoms with Crippen LogP contribution in [0.1, 0.15) is 32.8 Å². The largest absolute Gasteiger partial charge is 0.447 e. The molecule has 4 rings (SSSR count). The second-order valence-electron chi connectivity index (χ2n) is 12.0. The van der Waals surface area contributed by atoms with Gasteiger partial charge in [-0.3, -0.25) is 0 Å². The van der Waals surface area contributed by atoms with E-state index >= 15 is 0 Å². The van der Waals surface area contributed by atoms with Gasteiger partial charge in [0.1, 0.15) is 29.8 Å². The molecule has 2 atom stereocenters. The van der Waals surface area contributed by atoms with Crippen molar-refractivity contribution in [3.63, 3.8) is 0 Å². The SMILES string of the molecule is CN1CC[C@@H](Nc2cccn3c(SC(F)(F)F)c(C#CCN(C(=O)OC(C)(C)C)c4ccc(P(C)(C)=O)cn4)cc23)[C@@H](F)C1. The lowest BCUT2D eigenvalue weighted by atomic mass is 10.0. The van der Waals surface area contributed by atoms with E-state index in [0.29, 0.717) is 29.5 Å². The summed E-state index contributed by atoms with van der Waals surface area (Å²) in [6, 6.07) is 7.46. The van der Waals surface area contributed by atoms with Gasteiger partial charge in [0.15, 0.2) is 0 Å². The zero-order valence-electron chi connectivity index (χ0n) is 25.4. The van der Waals surface area contributed by atoms with Gasteiger partial charge in [-0.15, -0.1) is 0 Å². The lowest BCUT2D eigenvalue weighted by Gasteiger charge is -2.33. The Balaban J connectivity index is 1.70. The molecule has 1 aliphatic heterocycles. The lowest BCUT2D eigenvalue weighted by Crippen LogP contribution is -2.46. The number of pyridine rings is 2. The Morgan fingerprint density at radius 2 is 1.98 bits per heavy atom. The Morgan fingerprint density at radius 1 is 1.25 bits per heavy atom. The van der Waals surface area contributed by atoms with Crippen LogP contribution in [-0.4, -0.2) is 83.7 Å². The summed E-state index contributed by atoms with van der Waals surface area (Å²) < 4.78 is 75.1. The summed E-state index contributed by atoms with van der Waals surface area (Å²) in [5.74, 6) is 5.80. The predicted octanol–water partition coefficient (Wildman–Crippen LogP) is 6.44. The number of likely N-dealkylation sites (tertiary alicyclic amines) is 1. The summed E-state index contributed by atoms with van der Waals surface area (Å²) in [4.78, 5) is 20.4. The molecule has 8 nitrogen and oxygen atoms in total. The minimum Gasteiger partial charge on any atom is -0.443 e. The molecule has 1 aliphatic rings. The van der Waals surface area contributed by atoms with E-state index in [0.717, 1.165) is 0 Å². The monoisotopic (exact) mass is 653 g/mol. The number of hydrogen-bond donors (Lipinski definition) is 1. The summed E-state index contributed by atoms with van der Waals surface area (Å²) >= 11 is -0.300. The average Bonchev–Trinajstić information content (AvgIpc) is 3.23. The number of ether oxygens (including phenoxy) is 1. The maximum Gasteiger partial charge on any atom is 0.447 e. The quantitative estimate of drug-likeness (QED) is 0.142. The van der Waals surface area contributed by atoms with Crippen molar-refractivity contribution in [3.8, 4) is 11.8 Å². The number of nitrogens with one attached hydrogen (secondary N) is 1. The molecule has 0 saturated carbocycles. The number of hydrogen-bond acceptors (Lipinski definition) is 7. The van der Waals surface area contributed by atoms with Crippen LogP contribution in [0, 0.1) is 11.8 Å². The van der Waals surface area contributed by atoms with Gasteiger partial charge in [-0.25, -0.2) is 19.1 Å². The average molecular weight is 654 g/mol. The Morgan fingerprint density at radius 3 is 2.57 bits per heavy atom. The summed E-state index contributed by atoms with van der Waals surface area (Å²) in [6.07, 6.45) is 1.57. The van der Waals surface area contributed by atoms with Crippen molar-refractivity contribution in [2.45, 2.75) is 55.5 Å². The Kier molecular flexibility index (Phi) is 9.98. The van der Waals surface area contributed by atoms with E-state index in [2.05, 4.69) is 22.1 Å². The van der Waals surface area contributed by atoms with Gasteiger partial charge >= 0.3 is 11.6 Å². The minimum absolute atomic E-state index is 0.0899. The molecular formula is C30H36F4N5O3PS. The van der Waals surface area contributed by atoms with Crippen LogP contribution in [0.5, 0.6) is 0 Å². The Bertz CT molecular complexity index is 1610. The van der Waals surface area contributed by atoms with Crippen LogP contribution in [0.3, 0.4) is 0 Å². The van der Waals surface area contributed by atoms with Crippen LogP contribution in [0.25, 0.3) is 5.52 Å². The van der Waals surface area contributed by atoms with E-state index in [9.17, 15) is 26.9 Å². The van der Waals surface area contributed by atoms with E-state index < -0.39 is 36.6 Å². The standard InChI is InChI=1S/C30H36F4N5O3PS/c1-29(2,3)42-28(40)39(26-12-11-21(18-35-26)43(5,6)41)15-7-9-20-17-25-24(36-23-13-16-37(4)19-22(23)31)10-8-14-38(25)27(20)44-30(32,33)34/h8,10-12,14,17-18,22-23,36H,13,15-16,19H2,1-6H3/t22-,23+/m0/s1. The van der Waals surface area contributed by atoms with E-state index in [1.54, 1.807) is 52.3 Å². The fourth-order valence-corrected chi connectivity index (χ4v) is 6.11. The number of nitrogens with zero attached hydrogens (tertiary/aromatic N) is 4. The van der Waals surface area contributed by atoms with Gasteiger partial charge in [-0.1, -0.05) is 11.8 Å². The summed E-state index contributed by atoms with van der Waals surface area (Å²) in [7, 11) is -0.757. The van der Waals surface area contributed by atoms with Crippen molar-refractivity contribution in [3.05, 3.63) is 48.3 Å². The number of amides is 1. The topological polar surface area (TPSA) is 79.2 Å². The van der Waals surface area contributed by atoms with Crippen LogP contribution in [0.4, 0.5) is 33.9 Å². The Hall–Kier alpha value is -3.20. The number of halogens is 4. The Labute approximate surface area is 258 Å². The van der Waals surface area contributed by atoms with Gasteiger partial charge in [0.25, 0.3) is 0 Å². The van der Waals surface area contributed by atoms with Crippen LogP contribution in [-0.2, 0) is 9.30 Å². The normalized spacial score (nSPS) is 18.0. The zero-order valence-corrected chi connectivity index (χ0v) is 27.1. The number of fused-ring (bicyclic) bond motifs is 1. The summed E-state index contributed by atoms with van der Waals surface area (Å²) in [5.41, 5.74) is -4.44. The second kappa shape index (κ2) is 13.0. The summed E-state index contributed by atoms with van der Waals surface area (Å²) in [6.45, 7) is 9.01. The lowest BCUT2D eigenvalue weighted by molar-refractivity contribution is -0.0330. The maximum atomic E-state index is 14.8. The highest BCUT2D eigenvalue weighted by Gasteiger charge is 2.33. The first-order chi connectivity index (χ1) is 20.4. The zero-order chi connectivity index (χ0) is 32.4. The van der Waals surface area contributed by atoms with Crippen LogP contribution < -0.4 is 15.5 Å². The van der Waals surface area contributed by atoms with E-state index in [-0.39, 0.29) is 41.3 Å². The van der Waals surface area contributed by atoms with Gasteiger partial charge in [0.05, 0.1) is 29.4 Å². The van der Waals surface area contributed by atoms with Gasteiger partial charge in [0, 0.05) is 42.5 Å². The van der Waals surface area contributed by atoms with Crippen LogP contribution in [0.15, 0.2) is 47.8 Å². The minimum atomic E-state index is -4.60. The van der Waals surface area contributed by atoms with Crippen molar-refractivity contribution in [1.82, 2.24) is 14.3 Å². The fourth-order valence-electron chi connectivity index (χ4n) is 4.64. The van der Waals surface area contributed by atoms with E-state index in [1.165, 1.54) is 33.8 Å². The van der Waals surface area contributed by atoms with Crippen molar-refractivity contribution in [1.29, 1.82) is 0 Å². The number of piperidine rings is 1. The summed E-state index contributed by atoms with van der Waals surface area (Å²) in [5, 5.41) is 3.55.